The van der Waals surface area contributed by atoms with Gasteiger partial charge in [-0.05, 0) is 26.0 Å². The van der Waals surface area contributed by atoms with Crippen molar-refractivity contribution in [2.45, 2.75) is 50.3 Å². The molecule has 3 heterocycles. The Labute approximate surface area is 143 Å². The van der Waals surface area contributed by atoms with Crippen molar-refractivity contribution in [1.29, 1.82) is 0 Å². The summed E-state index contributed by atoms with van der Waals surface area (Å²) in [5.41, 5.74) is 0.405. The molecule has 0 aromatic heterocycles. The lowest BCUT2D eigenvalue weighted by Crippen LogP contribution is -2.44. The van der Waals surface area contributed by atoms with Gasteiger partial charge in [0, 0.05) is 0 Å². The monoisotopic (exact) mass is 350 g/mol. The van der Waals surface area contributed by atoms with Crippen LogP contribution < -0.4 is 0 Å². The molecule has 1 aromatic rings. The van der Waals surface area contributed by atoms with Crippen molar-refractivity contribution in [3.05, 3.63) is 35.9 Å². The molecule has 134 valence electrons. The van der Waals surface area contributed by atoms with Gasteiger partial charge in [-0.3, -0.25) is 0 Å². The summed E-state index contributed by atoms with van der Waals surface area (Å²) in [6.07, 6.45) is -4.33. The Balaban J connectivity index is 1.55. The van der Waals surface area contributed by atoms with E-state index >= 15 is 0 Å². The zero-order valence-corrected chi connectivity index (χ0v) is 13.7. The van der Waals surface area contributed by atoms with E-state index in [1.165, 1.54) is 0 Å². The van der Waals surface area contributed by atoms with Gasteiger partial charge in [-0.1, -0.05) is 18.2 Å². The van der Waals surface area contributed by atoms with Crippen LogP contribution in [0.2, 0.25) is 0 Å². The molecule has 25 heavy (non-hydrogen) atoms. The lowest BCUT2D eigenvalue weighted by atomic mass is 10.1. The molecule has 0 N–H and O–H groups in total. The van der Waals surface area contributed by atoms with E-state index in [1.807, 2.05) is 0 Å². The van der Waals surface area contributed by atoms with Crippen molar-refractivity contribution >= 4 is 12.1 Å². The summed E-state index contributed by atoms with van der Waals surface area (Å²) in [5, 5.41) is 0. The molecule has 0 aliphatic carbocycles. The lowest BCUT2D eigenvalue weighted by Gasteiger charge is -2.27. The van der Waals surface area contributed by atoms with E-state index in [2.05, 4.69) is 0 Å². The van der Waals surface area contributed by atoms with Crippen LogP contribution >= 0.6 is 0 Å². The highest BCUT2D eigenvalue weighted by Crippen LogP contribution is 2.41. The number of fused-ring (bicyclic) bond motifs is 1. The van der Waals surface area contributed by atoms with Crippen LogP contribution in [0.15, 0.2) is 30.3 Å². The average molecular weight is 350 g/mol. The molecule has 8 heteroatoms. The summed E-state index contributed by atoms with van der Waals surface area (Å²) in [4.78, 5) is 23.7. The van der Waals surface area contributed by atoms with Crippen LogP contribution in [0.3, 0.4) is 0 Å². The highest BCUT2D eigenvalue weighted by molar-refractivity contribution is 5.89. The highest BCUT2D eigenvalue weighted by atomic mass is 16.9. The summed E-state index contributed by atoms with van der Waals surface area (Å²) >= 11 is 0. The Bertz CT molecular complexity index is 672. The zero-order valence-electron chi connectivity index (χ0n) is 13.7. The number of cyclic esters (lactones) is 2. The van der Waals surface area contributed by atoms with Crippen LogP contribution in [0.25, 0.3) is 0 Å². The minimum absolute atomic E-state index is 0.0196. The molecular formula is C17H18O8. The maximum atomic E-state index is 12.5. The largest absolute Gasteiger partial charge is 0.508 e. The number of carbonyl (C=O) groups is 2. The Morgan fingerprint density at radius 1 is 1.16 bits per heavy atom. The summed E-state index contributed by atoms with van der Waals surface area (Å²) in [6.45, 7) is 3.52. The normalized spacial score (nSPS) is 35.8. The third kappa shape index (κ3) is 3.08. The summed E-state index contributed by atoms with van der Waals surface area (Å²) in [6, 6.07) is 8.60. The second-order valence-corrected chi connectivity index (χ2v) is 6.52. The first kappa shape index (κ1) is 16.3. The van der Waals surface area contributed by atoms with Gasteiger partial charge in [0.2, 0.25) is 0 Å². The van der Waals surface area contributed by atoms with E-state index in [1.54, 1.807) is 44.2 Å². The van der Waals surface area contributed by atoms with E-state index in [9.17, 15) is 9.59 Å². The van der Waals surface area contributed by atoms with Crippen molar-refractivity contribution < 1.29 is 38.0 Å². The van der Waals surface area contributed by atoms with E-state index in [0.29, 0.717) is 5.56 Å². The van der Waals surface area contributed by atoms with Gasteiger partial charge in [0.1, 0.15) is 12.7 Å². The first-order valence-electron chi connectivity index (χ1n) is 8.03. The quantitative estimate of drug-likeness (QED) is 0.760. The number of rotatable bonds is 3. The molecule has 4 rings (SSSR count). The van der Waals surface area contributed by atoms with Gasteiger partial charge < -0.3 is 28.4 Å². The molecule has 0 unspecified atom stereocenters. The van der Waals surface area contributed by atoms with Crippen molar-refractivity contribution in [3.8, 4) is 0 Å². The maximum absolute atomic E-state index is 12.5. The molecule has 0 spiro atoms. The van der Waals surface area contributed by atoms with E-state index in [4.69, 9.17) is 28.4 Å². The summed E-state index contributed by atoms with van der Waals surface area (Å²) in [5.74, 6) is -1.38. The van der Waals surface area contributed by atoms with Gasteiger partial charge in [-0.25, -0.2) is 9.59 Å². The smallest absolute Gasteiger partial charge is 0.453 e. The number of hydrogen-bond acceptors (Lipinski definition) is 8. The molecule has 3 saturated heterocycles. The molecular weight excluding hydrogens is 332 g/mol. The highest BCUT2D eigenvalue weighted by Gasteiger charge is 2.60. The number of esters is 1. The van der Waals surface area contributed by atoms with Crippen LogP contribution in [0.1, 0.15) is 24.2 Å². The van der Waals surface area contributed by atoms with E-state index in [-0.39, 0.29) is 6.61 Å². The fourth-order valence-electron chi connectivity index (χ4n) is 3.21. The molecule has 0 bridgehead atoms. The molecule has 3 aliphatic heterocycles. The summed E-state index contributed by atoms with van der Waals surface area (Å²) in [7, 11) is 0. The second-order valence-electron chi connectivity index (χ2n) is 6.52. The van der Waals surface area contributed by atoms with Gasteiger partial charge in [-0.2, -0.15) is 0 Å². The third-order valence-electron chi connectivity index (χ3n) is 4.26. The van der Waals surface area contributed by atoms with Crippen LogP contribution in [-0.2, 0) is 28.4 Å². The van der Waals surface area contributed by atoms with Gasteiger partial charge >= 0.3 is 12.1 Å². The number of hydrogen-bond donors (Lipinski definition) is 0. The van der Waals surface area contributed by atoms with Crippen molar-refractivity contribution in [3.63, 3.8) is 0 Å². The lowest BCUT2D eigenvalue weighted by molar-refractivity contribution is -0.223. The van der Waals surface area contributed by atoms with Gasteiger partial charge in [0.25, 0.3) is 0 Å². The molecule has 3 aliphatic rings. The number of benzene rings is 1. The number of ether oxygens (including phenoxy) is 6. The van der Waals surface area contributed by atoms with Gasteiger partial charge in [-0.15, -0.1) is 0 Å². The third-order valence-corrected chi connectivity index (χ3v) is 4.26. The topological polar surface area (TPSA) is 89.5 Å². The minimum Gasteiger partial charge on any atom is -0.453 e. The predicted molar refractivity (Wildman–Crippen MR) is 80.6 cm³/mol. The fraction of sp³-hybridized carbons (Fsp3) is 0.529. The first-order chi connectivity index (χ1) is 11.9. The van der Waals surface area contributed by atoms with Crippen LogP contribution in [0, 0.1) is 0 Å². The second kappa shape index (κ2) is 5.98. The SMILES string of the molecule is CC1(C)O[C@H]2O[C@@H]([C@@H]3COC(=O)O3)[C@H](OC(=O)c3ccccc3)[C@@H]2O1. The average Bonchev–Trinajstić information content (AvgIpc) is 3.21. The van der Waals surface area contributed by atoms with Crippen molar-refractivity contribution in [2.75, 3.05) is 6.61 Å². The zero-order chi connectivity index (χ0) is 17.6. The van der Waals surface area contributed by atoms with Crippen molar-refractivity contribution in [2.24, 2.45) is 0 Å². The molecule has 5 atom stereocenters. The Hall–Kier alpha value is -2.16. The van der Waals surface area contributed by atoms with E-state index < -0.39 is 48.6 Å². The van der Waals surface area contributed by atoms with Crippen LogP contribution in [0.5, 0.6) is 0 Å². The van der Waals surface area contributed by atoms with Gasteiger partial charge in [0.05, 0.1) is 5.56 Å². The first-order valence-corrected chi connectivity index (χ1v) is 8.03. The van der Waals surface area contributed by atoms with Crippen LogP contribution in [-0.4, -0.2) is 55.2 Å². The molecule has 0 radical (unpaired) electrons. The fourth-order valence-corrected chi connectivity index (χ4v) is 3.21. The molecule has 8 nitrogen and oxygen atoms in total. The molecule has 1 aromatic carbocycles. The molecule has 0 saturated carbocycles. The van der Waals surface area contributed by atoms with E-state index in [0.717, 1.165) is 0 Å². The van der Waals surface area contributed by atoms with Crippen molar-refractivity contribution in [1.82, 2.24) is 0 Å². The maximum Gasteiger partial charge on any atom is 0.508 e. The summed E-state index contributed by atoms with van der Waals surface area (Å²) < 4.78 is 32.9. The molecule has 0 amide bonds. The Kier molecular flexibility index (Phi) is 3.90. The minimum atomic E-state index is -0.861. The van der Waals surface area contributed by atoms with Gasteiger partial charge in [0.15, 0.2) is 30.4 Å². The van der Waals surface area contributed by atoms with Crippen LogP contribution in [0.4, 0.5) is 4.79 Å². The Morgan fingerprint density at radius 3 is 2.60 bits per heavy atom. The number of carbonyl (C=O) groups excluding carboxylic acids is 2. The standard InChI is InChI=1S/C17H18O8/c1-17(2)24-13-12(22-14(18)9-6-4-3-5-7-9)11(23-15(13)25-17)10-8-20-16(19)21-10/h3-7,10-13,15H,8H2,1-2H3/t10-,11-,12-,13-,15+/m0/s1. The molecule has 3 fully saturated rings. The predicted octanol–water partition coefficient (Wildman–Crippen LogP) is 1.62. The Morgan fingerprint density at radius 2 is 1.92 bits per heavy atom.